The Morgan fingerprint density at radius 3 is 2.00 bits per heavy atom. The van der Waals surface area contributed by atoms with E-state index in [2.05, 4.69) is 91.9 Å². The molecule has 0 saturated carbocycles. The van der Waals surface area contributed by atoms with Crippen LogP contribution in [0.3, 0.4) is 0 Å². The number of rotatable bonds is 3. The number of aromatic nitrogens is 1. The van der Waals surface area contributed by atoms with E-state index in [9.17, 15) is 0 Å². The van der Waals surface area contributed by atoms with Crippen LogP contribution < -0.4 is 0 Å². The van der Waals surface area contributed by atoms with Crippen molar-refractivity contribution in [3.8, 4) is 33.5 Å². The lowest BCUT2D eigenvalue weighted by Crippen LogP contribution is -1.90. The number of benzene rings is 4. The van der Waals surface area contributed by atoms with Crippen LogP contribution in [0, 0.1) is 6.92 Å². The second-order valence-electron chi connectivity index (χ2n) is 8.08. The smallest absolute Gasteiger partial charge is 0.144 e. The molecule has 152 valence electrons. The Labute approximate surface area is 186 Å². The van der Waals surface area contributed by atoms with Crippen molar-refractivity contribution in [3.05, 3.63) is 115 Å². The molecule has 32 heavy (non-hydrogen) atoms. The molecule has 4 aromatic carbocycles. The SMILES string of the molecule is Cc1cc(-c2cccc3c2oc2cccc(-c4ccccc4)c23)ncc1-c1ccccc1. The van der Waals surface area contributed by atoms with Gasteiger partial charge in [-0.15, -0.1) is 0 Å². The summed E-state index contributed by atoms with van der Waals surface area (Å²) in [5, 5.41) is 2.26. The summed E-state index contributed by atoms with van der Waals surface area (Å²) in [6.07, 6.45) is 1.97. The summed E-state index contributed by atoms with van der Waals surface area (Å²) in [7, 11) is 0. The third kappa shape index (κ3) is 3.00. The summed E-state index contributed by atoms with van der Waals surface area (Å²) >= 11 is 0. The average Bonchev–Trinajstić information content (AvgIpc) is 3.24. The summed E-state index contributed by atoms with van der Waals surface area (Å²) in [6, 6.07) is 35.6. The Kier molecular flexibility index (Phi) is 4.36. The van der Waals surface area contributed by atoms with Crippen LogP contribution in [0.4, 0.5) is 0 Å². The average molecular weight is 412 g/mol. The maximum Gasteiger partial charge on any atom is 0.144 e. The van der Waals surface area contributed by atoms with Crippen LogP contribution in [-0.2, 0) is 0 Å². The highest BCUT2D eigenvalue weighted by Crippen LogP contribution is 2.40. The number of nitrogens with zero attached hydrogens (tertiary/aromatic N) is 1. The summed E-state index contributed by atoms with van der Waals surface area (Å²) in [6.45, 7) is 2.14. The first-order chi connectivity index (χ1) is 15.8. The Bertz CT molecular complexity index is 1560. The van der Waals surface area contributed by atoms with Gasteiger partial charge in [0.25, 0.3) is 0 Å². The molecule has 0 atom stereocenters. The normalized spacial score (nSPS) is 11.3. The molecule has 2 nitrogen and oxygen atoms in total. The molecule has 0 N–H and O–H groups in total. The van der Waals surface area contributed by atoms with Crippen LogP contribution in [0.15, 0.2) is 114 Å². The quantitative estimate of drug-likeness (QED) is 0.293. The first-order valence-electron chi connectivity index (χ1n) is 10.8. The second kappa shape index (κ2) is 7.51. The van der Waals surface area contributed by atoms with Gasteiger partial charge < -0.3 is 4.42 Å². The Balaban J connectivity index is 1.55. The van der Waals surface area contributed by atoms with Gasteiger partial charge in [-0.05, 0) is 47.4 Å². The van der Waals surface area contributed by atoms with Crippen molar-refractivity contribution in [2.75, 3.05) is 0 Å². The first-order valence-corrected chi connectivity index (χ1v) is 10.8. The van der Waals surface area contributed by atoms with Gasteiger partial charge in [-0.2, -0.15) is 0 Å². The number of para-hydroxylation sites is 1. The van der Waals surface area contributed by atoms with Crippen LogP contribution in [0.5, 0.6) is 0 Å². The van der Waals surface area contributed by atoms with E-state index < -0.39 is 0 Å². The van der Waals surface area contributed by atoms with Crippen LogP contribution in [0.25, 0.3) is 55.4 Å². The van der Waals surface area contributed by atoms with Crippen molar-refractivity contribution in [3.63, 3.8) is 0 Å². The van der Waals surface area contributed by atoms with Gasteiger partial charge in [-0.25, -0.2) is 0 Å². The lowest BCUT2D eigenvalue weighted by molar-refractivity contribution is 0.670. The molecule has 0 bridgehead atoms. The van der Waals surface area contributed by atoms with Crippen molar-refractivity contribution in [1.82, 2.24) is 4.98 Å². The fourth-order valence-corrected chi connectivity index (χ4v) is 4.53. The van der Waals surface area contributed by atoms with E-state index in [1.54, 1.807) is 0 Å². The van der Waals surface area contributed by atoms with Gasteiger partial charge in [-0.1, -0.05) is 84.9 Å². The Morgan fingerprint density at radius 1 is 0.625 bits per heavy atom. The zero-order valence-electron chi connectivity index (χ0n) is 17.7. The molecule has 6 aromatic rings. The number of aryl methyl sites for hydroxylation is 1. The standard InChI is InChI=1S/C30H21NO/c1-20-18-27(31-19-26(20)22-12-6-3-7-13-22)24-15-8-16-25-29-23(21-10-4-2-5-11-21)14-9-17-28(29)32-30(24)25/h2-19H,1H3. The fourth-order valence-electron chi connectivity index (χ4n) is 4.53. The van der Waals surface area contributed by atoms with Gasteiger partial charge in [-0.3, -0.25) is 4.98 Å². The minimum absolute atomic E-state index is 0.880. The maximum atomic E-state index is 6.41. The van der Waals surface area contributed by atoms with Gasteiger partial charge >= 0.3 is 0 Å². The molecule has 0 fully saturated rings. The molecule has 0 aliphatic heterocycles. The number of pyridine rings is 1. The molecular formula is C30H21NO. The zero-order chi connectivity index (χ0) is 21.5. The summed E-state index contributed by atoms with van der Waals surface area (Å²) in [5.41, 5.74) is 9.61. The summed E-state index contributed by atoms with van der Waals surface area (Å²) in [5.74, 6) is 0. The van der Waals surface area contributed by atoms with Gasteiger partial charge in [0.05, 0.1) is 5.69 Å². The third-order valence-corrected chi connectivity index (χ3v) is 6.08. The number of fused-ring (bicyclic) bond motifs is 3. The van der Waals surface area contributed by atoms with E-state index in [-0.39, 0.29) is 0 Å². The minimum Gasteiger partial charge on any atom is -0.455 e. The van der Waals surface area contributed by atoms with E-state index >= 15 is 0 Å². The van der Waals surface area contributed by atoms with Crippen LogP contribution in [-0.4, -0.2) is 4.98 Å². The highest BCUT2D eigenvalue weighted by atomic mass is 16.3. The summed E-state index contributed by atoms with van der Waals surface area (Å²) < 4.78 is 6.41. The first kappa shape index (κ1) is 18.6. The molecule has 0 aliphatic carbocycles. The van der Waals surface area contributed by atoms with E-state index in [1.165, 1.54) is 22.3 Å². The number of hydrogen-bond donors (Lipinski definition) is 0. The van der Waals surface area contributed by atoms with Crippen LogP contribution >= 0.6 is 0 Å². The third-order valence-electron chi connectivity index (χ3n) is 6.08. The van der Waals surface area contributed by atoms with Crippen LogP contribution in [0.2, 0.25) is 0 Å². The number of hydrogen-bond acceptors (Lipinski definition) is 2. The van der Waals surface area contributed by atoms with Crippen molar-refractivity contribution >= 4 is 21.9 Å². The summed E-state index contributed by atoms with van der Waals surface area (Å²) in [4.78, 5) is 4.83. The molecule has 0 radical (unpaired) electrons. The van der Waals surface area contributed by atoms with E-state index in [4.69, 9.17) is 9.40 Å². The molecular weight excluding hydrogens is 390 g/mol. The Morgan fingerprint density at radius 2 is 1.28 bits per heavy atom. The van der Waals surface area contributed by atoms with Gasteiger partial charge in [0.2, 0.25) is 0 Å². The topological polar surface area (TPSA) is 26.0 Å². The molecule has 0 spiro atoms. The van der Waals surface area contributed by atoms with Crippen molar-refractivity contribution in [1.29, 1.82) is 0 Å². The van der Waals surface area contributed by atoms with Gasteiger partial charge in [0.1, 0.15) is 11.2 Å². The molecule has 2 aromatic heterocycles. The number of furan rings is 1. The van der Waals surface area contributed by atoms with E-state index in [1.807, 2.05) is 24.4 Å². The highest BCUT2D eigenvalue weighted by Gasteiger charge is 2.16. The maximum absolute atomic E-state index is 6.41. The predicted octanol–water partition coefficient (Wildman–Crippen LogP) is 8.29. The molecule has 0 amide bonds. The molecule has 0 saturated heterocycles. The minimum atomic E-state index is 0.880. The van der Waals surface area contributed by atoms with Gasteiger partial charge in [0, 0.05) is 28.1 Å². The molecule has 2 heterocycles. The Hall–Kier alpha value is -4.17. The second-order valence-corrected chi connectivity index (χ2v) is 8.08. The van der Waals surface area contributed by atoms with E-state index in [0.29, 0.717) is 0 Å². The van der Waals surface area contributed by atoms with Gasteiger partial charge in [0.15, 0.2) is 0 Å². The zero-order valence-corrected chi connectivity index (χ0v) is 17.7. The van der Waals surface area contributed by atoms with Crippen molar-refractivity contribution in [2.45, 2.75) is 6.92 Å². The lowest BCUT2D eigenvalue weighted by Gasteiger charge is -2.09. The monoisotopic (exact) mass is 411 g/mol. The molecule has 0 aliphatic rings. The fraction of sp³-hybridized carbons (Fsp3) is 0.0333. The lowest BCUT2D eigenvalue weighted by atomic mass is 9.97. The largest absolute Gasteiger partial charge is 0.455 e. The van der Waals surface area contributed by atoms with Crippen molar-refractivity contribution in [2.24, 2.45) is 0 Å². The highest BCUT2D eigenvalue weighted by molar-refractivity contribution is 6.15. The molecule has 0 unspecified atom stereocenters. The van der Waals surface area contributed by atoms with Crippen LogP contribution in [0.1, 0.15) is 5.56 Å². The molecule has 6 rings (SSSR count). The molecule has 2 heteroatoms. The van der Waals surface area contributed by atoms with E-state index in [0.717, 1.165) is 38.8 Å². The predicted molar refractivity (Wildman–Crippen MR) is 133 cm³/mol. The van der Waals surface area contributed by atoms with Crippen molar-refractivity contribution < 1.29 is 4.42 Å².